The standard InChI is InChI=1S/C24H36O/c1-16-3-5-19-18(15-16)4-6-21-20(19)9-12-24(2)22(7-8-23(21)24)17-10-13-25-14-11-17/h7,10,16,18-21,23H,3-6,8-9,11-15H2,1-2H3. The summed E-state index contributed by atoms with van der Waals surface area (Å²) < 4.78 is 5.58. The highest BCUT2D eigenvalue weighted by atomic mass is 16.5. The molecule has 0 N–H and O–H groups in total. The molecule has 0 aromatic carbocycles. The van der Waals surface area contributed by atoms with E-state index < -0.39 is 0 Å². The molecular formula is C24H36O. The zero-order chi connectivity index (χ0) is 17.0. The minimum Gasteiger partial charge on any atom is -0.377 e. The Morgan fingerprint density at radius 3 is 2.72 bits per heavy atom. The monoisotopic (exact) mass is 340 g/mol. The molecule has 25 heavy (non-hydrogen) atoms. The van der Waals surface area contributed by atoms with E-state index in [-0.39, 0.29) is 0 Å². The summed E-state index contributed by atoms with van der Waals surface area (Å²) in [6.45, 7) is 6.88. The molecule has 138 valence electrons. The molecule has 5 aliphatic rings. The van der Waals surface area contributed by atoms with E-state index in [2.05, 4.69) is 26.0 Å². The first-order valence-corrected chi connectivity index (χ1v) is 11.1. The second-order valence-corrected chi connectivity index (χ2v) is 10.2. The van der Waals surface area contributed by atoms with Gasteiger partial charge < -0.3 is 4.74 Å². The molecule has 3 fully saturated rings. The van der Waals surface area contributed by atoms with Crippen molar-refractivity contribution in [1.82, 2.24) is 0 Å². The van der Waals surface area contributed by atoms with Crippen LogP contribution in [0.3, 0.4) is 0 Å². The molecule has 0 aromatic heterocycles. The Bertz CT molecular complexity index is 587. The number of hydrogen-bond acceptors (Lipinski definition) is 1. The van der Waals surface area contributed by atoms with E-state index in [1.807, 2.05) is 0 Å². The summed E-state index contributed by atoms with van der Waals surface area (Å²) in [4.78, 5) is 0. The van der Waals surface area contributed by atoms with Gasteiger partial charge in [-0.05, 0) is 103 Å². The van der Waals surface area contributed by atoms with Gasteiger partial charge in [0.15, 0.2) is 0 Å². The summed E-state index contributed by atoms with van der Waals surface area (Å²) in [5, 5.41) is 0. The average Bonchev–Trinajstić information content (AvgIpc) is 2.99. The van der Waals surface area contributed by atoms with Gasteiger partial charge in [-0.25, -0.2) is 0 Å². The zero-order valence-corrected chi connectivity index (χ0v) is 16.3. The van der Waals surface area contributed by atoms with Gasteiger partial charge in [-0.1, -0.05) is 32.4 Å². The molecule has 1 heterocycles. The Morgan fingerprint density at radius 2 is 1.88 bits per heavy atom. The van der Waals surface area contributed by atoms with Crippen LogP contribution in [0.15, 0.2) is 23.3 Å². The van der Waals surface area contributed by atoms with Crippen LogP contribution in [0.2, 0.25) is 0 Å². The molecule has 7 unspecified atom stereocenters. The van der Waals surface area contributed by atoms with Gasteiger partial charge in [0.25, 0.3) is 0 Å². The highest BCUT2D eigenvalue weighted by Gasteiger charge is 2.54. The van der Waals surface area contributed by atoms with Crippen LogP contribution in [0.5, 0.6) is 0 Å². The van der Waals surface area contributed by atoms with Crippen molar-refractivity contribution in [1.29, 1.82) is 0 Å². The van der Waals surface area contributed by atoms with Gasteiger partial charge in [0.1, 0.15) is 0 Å². The third-order valence-electron chi connectivity index (χ3n) is 9.11. The fourth-order valence-corrected chi connectivity index (χ4v) is 7.92. The predicted octanol–water partition coefficient (Wildman–Crippen LogP) is 6.16. The van der Waals surface area contributed by atoms with E-state index in [1.54, 1.807) is 17.6 Å². The lowest BCUT2D eigenvalue weighted by Gasteiger charge is -2.56. The Hall–Kier alpha value is -0.560. The quantitative estimate of drug-likeness (QED) is 0.555. The SMILES string of the molecule is CC1CCC2C(CCC3C2CCC2(C)C(C4=CCOCC4)=CCC32)C1. The van der Waals surface area contributed by atoms with Crippen LogP contribution in [0.4, 0.5) is 0 Å². The summed E-state index contributed by atoms with van der Waals surface area (Å²) >= 11 is 0. The van der Waals surface area contributed by atoms with E-state index in [0.717, 1.165) is 55.1 Å². The van der Waals surface area contributed by atoms with Gasteiger partial charge in [-0.15, -0.1) is 0 Å². The molecule has 0 saturated heterocycles. The summed E-state index contributed by atoms with van der Waals surface area (Å²) in [7, 11) is 0. The average molecular weight is 341 g/mol. The molecule has 5 rings (SSSR count). The van der Waals surface area contributed by atoms with E-state index in [1.165, 1.54) is 44.9 Å². The molecule has 3 saturated carbocycles. The van der Waals surface area contributed by atoms with Crippen molar-refractivity contribution >= 4 is 0 Å². The van der Waals surface area contributed by atoms with Crippen molar-refractivity contribution in [3.05, 3.63) is 23.3 Å². The Balaban J connectivity index is 1.38. The highest BCUT2D eigenvalue weighted by molar-refractivity contribution is 5.42. The van der Waals surface area contributed by atoms with Crippen LogP contribution in [-0.4, -0.2) is 13.2 Å². The maximum Gasteiger partial charge on any atom is 0.0653 e. The van der Waals surface area contributed by atoms with Crippen LogP contribution in [-0.2, 0) is 4.74 Å². The molecule has 1 nitrogen and oxygen atoms in total. The number of fused-ring (bicyclic) bond motifs is 5. The topological polar surface area (TPSA) is 9.23 Å². The lowest BCUT2D eigenvalue weighted by molar-refractivity contribution is -0.0490. The van der Waals surface area contributed by atoms with Crippen LogP contribution in [0.1, 0.15) is 71.6 Å². The van der Waals surface area contributed by atoms with Crippen molar-refractivity contribution < 1.29 is 4.74 Å². The Morgan fingerprint density at radius 1 is 1.00 bits per heavy atom. The minimum absolute atomic E-state index is 0.471. The molecule has 0 amide bonds. The van der Waals surface area contributed by atoms with Crippen molar-refractivity contribution in [2.24, 2.45) is 40.9 Å². The fraction of sp³-hybridized carbons (Fsp3) is 0.833. The molecule has 4 aliphatic carbocycles. The third-order valence-corrected chi connectivity index (χ3v) is 9.11. The maximum absolute atomic E-state index is 5.58. The van der Waals surface area contributed by atoms with Gasteiger partial charge in [0.05, 0.1) is 13.2 Å². The summed E-state index contributed by atoms with van der Waals surface area (Å²) in [5.41, 5.74) is 3.84. The lowest BCUT2D eigenvalue weighted by Crippen LogP contribution is -2.48. The third kappa shape index (κ3) is 2.59. The first kappa shape index (κ1) is 16.6. The second-order valence-electron chi connectivity index (χ2n) is 10.2. The molecule has 0 spiro atoms. The van der Waals surface area contributed by atoms with Crippen LogP contribution < -0.4 is 0 Å². The molecule has 0 aromatic rings. The minimum atomic E-state index is 0.471. The second kappa shape index (κ2) is 6.25. The normalized spacial score (nSPS) is 49.5. The van der Waals surface area contributed by atoms with Gasteiger partial charge in [0.2, 0.25) is 0 Å². The number of hydrogen-bond donors (Lipinski definition) is 0. The van der Waals surface area contributed by atoms with Crippen LogP contribution >= 0.6 is 0 Å². The number of rotatable bonds is 1. The van der Waals surface area contributed by atoms with Crippen molar-refractivity contribution in [3.8, 4) is 0 Å². The van der Waals surface area contributed by atoms with Gasteiger partial charge in [-0.3, -0.25) is 0 Å². The van der Waals surface area contributed by atoms with E-state index in [9.17, 15) is 0 Å². The van der Waals surface area contributed by atoms with Crippen LogP contribution in [0, 0.1) is 40.9 Å². The largest absolute Gasteiger partial charge is 0.377 e. The fourth-order valence-electron chi connectivity index (χ4n) is 7.92. The van der Waals surface area contributed by atoms with Gasteiger partial charge >= 0.3 is 0 Å². The van der Waals surface area contributed by atoms with E-state index in [4.69, 9.17) is 4.74 Å². The van der Waals surface area contributed by atoms with E-state index in [0.29, 0.717) is 5.41 Å². The molecule has 1 aliphatic heterocycles. The van der Waals surface area contributed by atoms with Crippen molar-refractivity contribution in [3.63, 3.8) is 0 Å². The molecule has 0 radical (unpaired) electrons. The number of ether oxygens (including phenoxy) is 1. The summed E-state index contributed by atoms with van der Waals surface area (Å²) in [6, 6.07) is 0. The zero-order valence-electron chi connectivity index (χ0n) is 16.3. The first-order valence-electron chi connectivity index (χ1n) is 11.1. The maximum atomic E-state index is 5.58. The molecular weight excluding hydrogens is 304 g/mol. The highest BCUT2D eigenvalue weighted by Crippen LogP contribution is 2.64. The molecule has 1 heteroatoms. The van der Waals surface area contributed by atoms with Gasteiger partial charge in [-0.2, -0.15) is 0 Å². The number of allylic oxidation sites excluding steroid dienone is 2. The first-order chi connectivity index (χ1) is 12.2. The van der Waals surface area contributed by atoms with Crippen molar-refractivity contribution in [2.75, 3.05) is 13.2 Å². The van der Waals surface area contributed by atoms with Crippen LogP contribution in [0.25, 0.3) is 0 Å². The predicted molar refractivity (Wildman–Crippen MR) is 103 cm³/mol. The summed E-state index contributed by atoms with van der Waals surface area (Å²) in [5.74, 6) is 6.15. The lowest BCUT2D eigenvalue weighted by atomic mass is 9.49. The van der Waals surface area contributed by atoms with Gasteiger partial charge in [0, 0.05) is 0 Å². The molecule has 7 atom stereocenters. The smallest absolute Gasteiger partial charge is 0.0653 e. The van der Waals surface area contributed by atoms with E-state index >= 15 is 0 Å². The summed E-state index contributed by atoms with van der Waals surface area (Å²) in [6.07, 6.45) is 18.1. The Kier molecular flexibility index (Phi) is 4.15. The Labute approximate surface area is 154 Å². The van der Waals surface area contributed by atoms with Crippen molar-refractivity contribution in [2.45, 2.75) is 71.6 Å². The molecule has 0 bridgehead atoms.